The third kappa shape index (κ3) is 5.58. The van der Waals surface area contributed by atoms with Crippen molar-refractivity contribution in [2.24, 2.45) is 0 Å². The number of carbonyl (C=O) groups excluding carboxylic acids is 3. The molecule has 2 N–H and O–H groups in total. The van der Waals surface area contributed by atoms with Gasteiger partial charge in [0, 0.05) is 11.3 Å². The number of benzene rings is 3. The van der Waals surface area contributed by atoms with Crippen molar-refractivity contribution in [3.05, 3.63) is 77.9 Å². The Labute approximate surface area is 200 Å². The third-order valence-electron chi connectivity index (χ3n) is 4.99. The van der Waals surface area contributed by atoms with Crippen LogP contribution in [0.2, 0.25) is 0 Å². The van der Waals surface area contributed by atoms with E-state index in [1.165, 1.54) is 43.5 Å². The van der Waals surface area contributed by atoms with E-state index in [0.29, 0.717) is 22.9 Å². The standard InChI is InChI=1S/C24H20N2O8S/c1-32-18-8-6-17(7-9-18)26-35(30,31)19-4-2-3-16(11-19)24(29)34-13-21(27)15-5-10-22-20(12-15)25-23(28)14-33-22/h2-12,26H,13-14H2,1H3,(H,25,28). The monoisotopic (exact) mass is 496 g/mol. The van der Waals surface area contributed by atoms with Crippen molar-refractivity contribution in [3.63, 3.8) is 0 Å². The van der Waals surface area contributed by atoms with Crippen LogP contribution in [0.15, 0.2) is 71.6 Å². The molecule has 3 aromatic carbocycles. The highest BCUT2D eigenvalue weighted by Crippen LogP contribution is 2.28. The van der Waals surface area contributed by atoms with Gasteiger partial charge < -0.3 is 19.5 Å². The average Bonchev–Trinajstić information content (AvgIpc) is 2.87. The molecular formula is C24H20N2O8S. The maximum Gasteiger partial charge on any atom is 0.338 e. The molecule has 10 nitrogen and oxygen atoms in total. The molecule has 0 atom stereocenters. The molecule has 3 aromatic rings. The van der Waals surface area contributed by atoms with Crippen LogP contribution in [0.5, 0.6) is 11.5 Å². The molecule has 35 heavy (non-hydrogen) atoms. The summed E-state index contributed by atoms with van der Waals surface area (Å²) in [5, 5.41) is 2.60. The summed E-state index contributed by atoms with van der Waals surface area (Å²) in [5.41, 5.74) is 0.834. The highest BCUT2D eigenvalue weighted by atomic mass is 32.2. The lowest BCUT2D eigenvalue weighted by Gasteiger charge is -2.18. The molecule has 1 aliphatic rings. The number of sulfonamides is 1. The van der Waals surface area contributed by atoms with Crippen LogP contribution in [0.4, 0.5) is 11.4 Å². The minimum Gasteiger partial charge on any atom is -0.497 e. The molecule has 1 amide bonds. The number of ketones is 1. The summed E-state index contributed by atoms with van der Waals surface area (Å²) >= 11 is 0. The molecule has 4 rings (SSSR count). The van der Waals surface area contributed by atoms with Gasteiger partial charge in [0.25, 0.3) is 15.9 Å². The summed E-state index contributed by atoms with van der Waals surface area (Å²) in [6.45, 7) is -0.685. The number of nitrogens with one attached hydrogen (secondary N) is 2. The lowest BCUT2D eigenvalue weighted by atomic mass is 10.1. The highest BCUT2D eigenvalue weighted by molar-refractivity contribution is 7.92. The summed E-state index contributed by atoms with van der Waals surface area (Å²) in [6.07, 6.45) is 0. The van der Waals surface area contributed by atoms with Crippen LogP contribution in [0.3, 0.4) is 0 Å². The maximum absolute atomic E-state index is 12.7. The van der Waals surface area contributed by atoms with Crippen LogP contribution >= 0.6 is 0 Å². The van der Waals surface area contributed by atoms with E-state index in [1.54, 1.807) is 24.3 Å². The summed E-state index contributed by atoms with van der Waals surface area (Å²) in [7, 11) is -2.49. The molecule has 1 heterocycles. The SMILES string of the molecule is COc1ccc(NS(=O)(=O)c2cccc(C(=O)OCC(=O)c3ccc4c(c3)NC(=O)CO4)c2)cc1. The lowest BCUT2D eigenvalue weighted by Crippen LogP contribution is -2.25. The molecule has 0 radical (unpaired) electrons. The smallest absolute Gasteiger partial charge is 0.338 e. The van der Waals surface area contributed by atoms with Gasteiger partial charge in [-0.05, 0) is 60.7 Å². The van der Waals surface area contributed by atoms with Gasteiger partial charge in [0.15, 0.2) is 19.0 Å². The topological polar surface area (TPSA) is 137 Å². The number of hydrogen-bond donors (Lipinski definition) is 2. The zero-order valence-corrected chi connectivity index (χ0v) is 19.3. The number of ether oxygens (including phenoxy) is 3. The predicted molar refractivity (Wildman–Crippen MR) is 125 cm³/mol. The molecule has 0 spiro atoms. The summed E-state index contributed by atoms with van der Waals surface area (Å²) in [5.74, 6) is -0.717. The molecule has 0 aliphatic carbocycles. The van der Waals surface area contributed by atoms with Crippen LogP contribution in [-0.4, -0.2) is 46.4 Å². The van der Waals surface area contributed by atoms with E-state index in [1.807, 2.05) is 0 Å². The number of Topliss-reactive ketones (excluding diaryl/α,β-unsaturated/α-hetero) is 1. The van der Waals surface area contributed by atoms with Crippen LogP contribution in [0.25, 0.3) is 0 Å². The number of rotatable bonds is 8. The molecular weight excluding hydrogens is 476 g/mol. The molecule has 180 valence electrons. The van der Waals surface area contributed by atoms with Gasteiger partial charge in [-0.1, -0.05) is 6.07 Å². The first kappa shape index (κ1) is 23.8. The van der Waals surface area contributed by atoms with Crippen molar-refractivity contribution in [1.82, 2.24) is 0 Å². The summed E-state index contributed by atoms with van der Waals surface area (Å²) < 4.78 is 43.3. The van der Waals surface area contributed by atoms with Gasteiger partial charge in [0.05, 0.1) is 23.3 Å². The average molecular weight is 496 g/mol. The van der Waals surface area contributed by atoms with E-state index in [4.69, 9.17) is 14.2 Å². The van der Waals surface area contributed by atoms with Crippen molar-refractivity contribution < 1.29 is 37.0 Å². The van der Waals surface area contributed by atoms with Crippen molar-refractivity contribution in [3.8, 4) is 11.5 Å². The molecule has 0 saturated carbocycles. The molecule has 0 unspecified atom stereocenters. The Morgan fingerprint density at radius 1 is 1.03 bits per heavy atom. The van der Waals surface area contributed by atoms with E-state index in [9.17, 15) is 22.8 Å². The Balaban J connectivity index is 1.41. The normalized spacial score (nSPS) is 12.5. The number of anilines is 2. The molecule has 0 aromatic heterocycles. The quantitative estimate of drug-likeness (QED) is 0.359. The first-order valence-corrected chi connectivity index (χ1v) is 11.8. The number of methoxy groups -OCH3 is 1. The minimum absolute atomic E-state index is 0.0403. The Kier molecular flexibility index (Phi) is 6.69. The number of hydrogen-bond acceptors (Lipinski definition) is 8. The molecule has 0 saturated heterocycles. The van der Waals surface area contributed by atoms with E-state index in [2.05, 4.69) is 10.0 Å². The largest absolute Gasteiger partial charge is 0.497 e. The fourth-order valence-corrected chi connectivity index (χ4v) is 4.32. The molecule has 0 bridgehead atoms. The van der Waals surface area contributed by atoms with Gasteiger partial charge in [-0.3, -0.25) is 14.3 Å². The third-order valence-corrected chi connectivity index (χ3v) is 6.37. The van der Waals surface area contributed by atoms with E-state index >= 15 is 0 Å². The fourth-order valence-electron chi connectivity index (χ4n) is 3.22. The first-order valence-electron chi connectivity index (χ1n) is 10.3. The summed E-state index contributed by atoms with van der Waals surface area (Å²) in [4.78, 5) is 36.3. The van der Waals surface area contributed by atoms with Crippen LogP contribution in [-0.2, 0) is 19.6 Å². The van der Waals surface area contributed by atoms with Crippen LogP contribution in [0.1, 0.15) is 20.7 Å². The second-order valence-electron chi connectivity index (χ2n) is 7.41. The zero-order chi connectivity index (χ0) is 25.0. The maximum atomic E-state index is 12.7. The number of esters is 1. The molecule has 1 aliphatic heterocycles. The van der Waals surface area contributed by atoms with E-state index in [0.717, 1.165) is 6.07 Å². The Bertz CT molecular complexity index is 1400. The van der Waals surface area contributed by atoms with Gasteiger partial charge in [-0.2, -0.15) is 0 Å². The summed E-state index contributed by atoms with van der Waals surface area (Å²) in [6, 6.07) is 16.0. The second-order valence-corrected chi connectivity index (χ2v) is 9.09. The Morgan fingerprint density at radius 2 is 1.80 bits per heavy atom. The van der Waals surface area contributed by atoms with Gasteiger partial charge in [-0.25, -0.2) is 13.2 Å². The van der Waals surface area contributed by atoms with Gasteiger partial charge in [0.2, 0.25) is 0 Å². The zero-order valence-electron chi connectivity index (χ0n) is 18.4. The second kappa shape index (κ2) is 9.85. The Hall–Kier alpha value is -4.38. The highest BCUT2D eigenvalue weighted by Gasteiger charge is 2.20. The number of fused-ring (bicyclic) bond motifs is 1. The van der Waals surface area contributed by atoms with E-state index in [-0.39, 0.29) is 28.5 Å². The van der Waals surface area contributed by atoms with Crippen LogP contribution < -0.4 is 19.5 Å². The lowest BCUT2D eigenvalue weighted by molar-refractivity contribution is -0.118. The van der Waals surface area contributed by atoms with Crippen molar-refractivity contribution in [1.29, 1.82) is 0 Å². The van der Waals surface area contributed by atoms with Crippen LogP contribution in [0, 0.1) is 0 Å². The fraction of sp³-hybridized carbons (Fsp3) is 0.125. The number of amides is 1. The predicted octanol–water partition coefficient (Wildman–Crippen LogP) is 2.87. The van der Waals surface area contributed by atoms with Gasteiger partial charge >= 0.3 is 5.97 Å². The number of carbonyl (C=O) groups is 3. The van der Waals surface area contributed by atoms with Crippen molar-refractivity contribution >= 4 is 39.1 Å². The molecule has 11 heteroatoms. The first-order chi connectivity index (χ1) is 16.7. The van der Waals surface area contributed by atoms with Gasteiger partial charge in [0.1, 0.15) is 11.5 Å². The molecule has 0 fully saturated rings. The minimum atomic E-state index is -3.99. The Morgan fingerprint density at radius 3 is 2.54 bits per heavy atom. The van der Waals surface area contributed by atoms with Gasteiger partial charge in [-0.15, -0.1) is 0 Å². The van der Waals surface area contributed by atoms with Crippen molar-refractivity contribution in [2.75, 3.05) is 30.4 Å². The van der Waals surface area contributed by atoms with Crippen molar-refractivity contribution in [2.45, 2.75) is 4.90 Å². The van der Waals surface area contributed by atoms with E-state index < -0.39 is 28.4 Å².